The molecule has 4 bridgehead atoms. The minimum Gasteiger partial charge on any atom is -0.444 e. The van der Waals surface area contributed by atoms with E-state index in [4.69, 9.17) is 4.74 Å². The van der Waals surface area contributed by atoms with Gasteiger partial charge in [-0.25, -0.2) is 4.79 Å². The van der Waals surface area contributed by atoms with Crippen LogP contribution in [0.4, 0.5) is 4.79 Å². The second kappa shape index (κ2) is 4.89. The fourth-order valence-corrected chi connectivity index (χ4v) is 4.77. The molecule has 0 aromatic rings. The van der Waals surface area contributed by atoms with Crippen LogP contribution in [0.5, 0.6) is 0 Å². The Labute approximate surface area is 126 Å². The molecule has 4 fully saturated rings. The second-order valence-corrected chi connectivity index (χ2v) is 8.15. The summed E-state index contributed by atoms with van der Waals surface area (Å²) in [5.74, 6) is 2.36. The molecule has 0 aromatic heterocycles. The van der Waals surface area contributed by atoms with E-state index in [0.717, 1.165) is 37.0 Å². The van der Waals surface area contributed by atoms with Gasteiger partial charge in [0, 0.05) is 5.54 Å². The van der Waals surface area contributed by atoms with Crippen molar-refractivity contribution in [1.29, 1.82) is 0 Å². The zero-order chi connectivity index (χ0) is 15.3. The van der Waals surface area contributed by atoms with Crippen LogP contribution in [0, 0.1) is 17.8 Å². The molecular weight excluding hydrogens is 268 g/mol. The second-order valence-electron chi connectivity index (χ2n) is 8.15. The number of ether oxygens (including phenoxy) is 1. The molecule has 4 aliphatic carbocycles. The number of rotatable bonds is 3. The van der Waals surface area contributed by atoms with Crippen molar-refractivity contribution < 1.29 is 14.3 Å². The molecule has 118 valence electrons. The van der Waals surface area contributed by atoms with Gasteiger partial charge in [0.25, 0.3) is 0 Å². The van der Waals surface area contributed by atoms with Gasteiger partial charge in [-0.3, -0.25) is 4.79 Å². The van der Waals surface area contributed by atoms with Gasteiger partial charge in [-0.15, -0.1) is 0 Å². The molecule has 2 N–H and O–H groups in total. The zero-order valence-electron chi connectivity index (χ0n) is 13.2. The lowest BCUT2D eigenvalue weighted by Gasteiger charge is -2.39. The van der Waals surface area contributed by atoms with Crippen molar-refractivity contribution in [3.8, 4) is 0 Å². The Morgan fingerprint density at radius 2 is 1.76 bits per heavy atom. The normalized spacial score (nSPS) is 36.6. The highest BCUT2D eigenvalue weighted by molar-refractivity contribution is 5.82. The van der Waals surface area contributed by atoms with Gasteiger partial charge in [-0.1, -0.05) is 0 Å². The summed E-state index contributed by atoms with van der Waals surface area (Å²) in [5.41, 5.74) is -0.522. The summed E-state index contributed by atoms with van der Waals surface area (Å²) >= 11 is 0. The number of amides is 2. The SMILES string of the molecule is CC(C)(C)OC(=O)NCC(=O)NC12CC3CC(C1)C(C3)C2. The molecule has 4 aliphatic rings. The molecule has 0 aromatic carbocycles. The Morgan fingerprint density at radius 1 is 1.14 bits per heavy atom. The highest BCUT2D eigenvalue weighted by atomic mass is 16.6. The number of hydrogen-bond acceptors (Lipinski definition) is 3. The Hall–Kier alpha value is -1.26. The van der Waals surface area contributed by atoms with Gasteiger partial charge in [0.1, 0.15) is 12.1 Å². The number of carbonyl (C=O) groups excluding carboxylic acids is 2. The van der Waals surface area contributed by atoms with E-state index in [1.807, 2.05) is 0 Å². The summed E-state index contributed by atoms with van der Waals surface area (Å²) in [6.07, 6.45) is 5.57. The van der Waals surface area contributed by atoms with Crippen LogP contribution in [-0.4, -0.2) is 29.7 Å². The van der Waals surface area contributed by atoms with Gasteiger partial charge in [-0.2, -0.15) is 0 Å². The summed E-state index contributed by atoms with van der Waals surface area (Å²) in [6, 6.07) is 0. The number of alkyl carbamates (subject to hydrolysis) is 1. The minimum absolute atomic E-state index is 0.00331. The molecule has 0 radical (unpaired) electrons. The van der Waals surface area contributed by atoms with Crippen LogP contribution in [0.2, 0.25) is 0 Å². The lowest BCUT2D eigenvalue weighted by molar-refractivity contribution is -0.122. The molecule has 4 saturated carbocycles. The molecule has 2 atom stereocenters. The lowest BCUT2D eigenvalue weighted by atomic mass is 9.76. The van der Waals surface area contributed by atoms with E-state index in [0.29, 0.717) is 0 Å². The monoisotopic (exact) mass is 294 g/mol. The Balaban J connectivity index is 1.46. The summed E-state index contributed by atoms with van der Waals surface area (Å²) in [4.78, 5) is 23.7. The van der Waals surface area contributed by atoms with Crippen molar-refractivity contribution in [2.75, 3.05) is 6.54 Å². The summed E-state index contributed by atoms with van der Waals surface area (Å²) in [7, 11) is 0. The summed E-state index contributed by atoms with van der Waals surface area (Å²) in [6.45, 7) is 5.41. The van der Waals surface area contributed by atoms with Gasteiger partial charge in [0.05, 0.1) is 0 Å². The maximum atomic E-state index is 12.1. The van der Waals surface area contributed by atoms with Crippen molar-refractivity contribution in [2.24, 2.45) is 17.8 Å². The third-order valence-corrected chi connectivity index (χ3v) is 5.12. The number of hydrogen-bond donors (Lipinski definition) is 2. The lowest BCUT2D eigenvalue weighted by Crippen LogP contribution is -2.53. The first-order chi connectivity index (χ1) is 9.75. The van der Waals surface area contributed by atoms with Crippen LogP contribution in [0.1, 0.15) is 52.9 Å². The van der Waals surface area contributed by atoms with E-state index in [9.17, 15) is 9.59 Å². The van der Waals surface area contributed by atoms with E-state index in [1.54, 1.807) is 20.8 Å². The minimum atomic E-state index is -0.539. The highest BCUT2D eigenvalue weighted by Crippen LogP contribution is 2.59. The number of carbonyl (C=O) groups is 2. The predicted octanol–water partition coefficient (Wildman–Crippen LogP) is 2.21. The van der Waals surface area contributed by atoms with Gasteiger partial charge >= 0.3 is 6.09 Å². The first kappa shape index (κ1) is 14.7. The largest absolute Gasteiger partial charge is 0.444 e. The first-order valence-corrected chi connectivity index (χ1v) is 8.03. The topological polar surface area (TPSA) is 67.4 Å². The maximum absolute atomic E-state index is 12.1. The molecule has 2 amide bonds. The van der Waals surface area contributed by atoms with E-state index in [1.165, 1.54) is 12.8 Å². The van der Waals surface area contributed by atoms with Crippen LogP contribution < -0.4 is 10.6 Å². The average molecular weight is 294 g/mol. The fourth-order valence-electron chi connectivity index (χ4n) is 4.77. The smallest absolute Gasteiger partial charge is 0.408 e. The van der Waals surface area contributed by atoms with E-state index >= 15 is 0 Å². The third kappa shape index (κ3) is 3.16. The summed E-state index contributed by atoms with van der Waals surface area (Å²) in [5, 5.41) is 5.73. The summed E-state index contributed by atoms with van der Waals surface area (Å²) < 4.78 is 5.13. The van der Waals surface area contributed by atoms with Gasteiger partial charge in [0.15, 0.2) is 0 Å². The molecule has 2 unspecified atom stereocenters. The molecule has 0 aliphatic heterocycles. The van der Waals surface area contributed by atoms with E-state index in [-0.39, 0.29) is 18.0 Å². The van der Waals surface area contributed by atoms with Crippen molar-refractivity contribution in [1.82, 2.24) is 10.6 Å². The zero-order valence-corrected chi connectivity index (χ0v) is 13.2. The molecule has 5 heteroatoms. The first-order valence-electron chi connectivity index (χ1n) is 8.03. The Bertz CT molecular complexity index is 435. The van der Waals surface area contributed by atoms with Crippen LogP contribution in [-0.2, 0) is 9.53 Å². The average Bonchev–Trinajstić information content (AvgIpc) is 2.71. The van der Waals surface area contributed by atoms with E-state index in [2.05, 4.69) is 10.6 Å². The third-order valence-electron chi connectivity index (χ3n) is 5.12. The maximum Gasteiger partial charge on any atom is 0.408 e. The molecule has 0 spiro atoms. The molecule has 0 saturated heterocycles. The highest BCUT2D eigenvalue weighted by Gasteiger charge is 2.56. The van der Waals surface area contributed by atoms with E-state index < -0.39 is 11.7 Å². The van der Waals surface area contributed by atoms with Crippen LogP contribution >= 0.6 is 0 Å². The van der Waals surface area contributed by atoms with Crippen molar-refractivity contribution in [3.05, 3.63) is 0 Å². The number of nitrogens with one attached hydrogen (secondary N) is 2. The van der Waals surface area contributed by atoms with Crippen molar-refractivity contribution >= 4 is 12.0 Å². The molecular formula is C16H26N2O3. The molecule has 0 heterocycles. The predicted molar refractivity (Wildman–Crippen MR) is 78.7 cm³/mol. The van der Waals surface area contributed by atoms with Crippen molar-refractivity contribution in [2.45, 2.75) is 64.0 Å². The van der Waals surface area contributed by atoms with Gasteiger partial charge in [-0.05, 0) is 70.6 Å². The Kier molecular flexibility index (Phi) is 3.41. The van der Waals surface area contributed by atoms with Crippen LogP contribution in [0.25, 0.3) is 0 Å². The van der Waals surface area contributed by atoms with Crippen LogP contribution in [0.3, 0.4) is 0 Å². The van der Waals surface area contributed by atoms with Gasteiger partial charge < -0.3 is 15.4 Å². The molecule has 5 nitrogen and oxygen atoms in total. The van der Waals surface area contributed by atoms with Crippen LogP contribution in [0.15, 0.2) is 0 Å². The quantitative estimate of drug-likeness (QED) is 0.838. The molecule has 4 rings (SSSR count). The molecule has 21 heavy (non-hydrogen) atoms. The standard InChI is InChI=1S/C16H26N2O3/c1-15(2,3)21-14(20)17-9-13(19)18-16-6-10-4-11(7-16)12(5-10)8-16/h10-12H,4-9H2,1-3H3,(H,17,20)(H,18,19). The van der Waals surface area contributed by atoms with Crippen molar-refractivity contribution in [3.63, 3.8) is 0 Å². The van der Waals surface area contributed by atoms with Gasteiger partial charge in [0.2, 0.25) is 5.91 Å². The Morgan fingerprint density at radius 3 is 2.29 bits per heavy atom. The fraction of sp³-hybridized carbons (Fsp3) is 0.875.